The first-order chi connectivity index (χ1) is 10.8. The number of aliphatic imine (C=N–C) groups is 1. The van der Waals surface area contributed by atoms with E-state index in [1.54, 1.807) is 13.4 Å². The van der Waals surface area contributed by atoms with Crippen LogP contribution in [-0.4, -0.2) is 78.6 Å². The highest BCUT2D eigenvalue weighted by Gasteiger charge is 2.09. The Morgan fingerprint density at radius 1 is 1.26 bits per heavy atom. The van der Waals surface area contributed by atoms with E-state index < -0.39 is 0 Å². The summed E-state index contributed by atoms with van der Waals surface area (Å²) in [5.74, 6) is 1.84. The van der Waals surface area contributed by atoms with Crippen LogP contribution in [0.2, 0.25) is 0 Å². The molecule has 0 aromatic carbocycles. The lowest BCUT2D eigenvalue weighted by Crippen LogP contribution is -2.44. The lowest BCUT2D eigenvalue weighted by Gasteiger charge is -2.26. The smallest absolute Gasteiger partial charge is 0.191 e. The number of nitrogens with zero attached hydrogens (tertiary/aromatic N) is 5. The zero-order valence-electron chi connectivity index (χ0n) is 14.0. The van der Waals surface area contributed by atoms with Crippen molar-refractivity contribution in [2.75, 3.05) is 53.0 Å². The van der Waals surface area contributed by atoms with Crippen molar-refractivity contribution < 1.29 is 4.74 Å². The molecule has 2 rings (SSSR count). The Kier molecular flexibility index (Phi) is 10.1. The zero-order valence-corrected chi connectivity index (χ0v) is 16.3. The maximum absolute atomic E-state index is 5.34. The summed E-state index contributed by atoms with van der Waals surface area (Å²) in [6.45, 7) is 9.31. The van der Waals surface area contributed by atoms with Gasteiger partial charge in [-0.2, -0.15) is 0 Å². The summed E-state index contributed by atoms with van der Waals surface area (Å²) in [6, 6.07) is 0. The van der Waals surface area contributed by atoms with Gasteiger partial charge in [0.25, 0.3) is 0 Å². The van der Waals surface area contributed by atoms with E-state index in [2.05, 4.69) is 42.2 Å². The summed E-state index contributed by atoms with van der Waals surface area (Å²) in [6.07, 6.45) is 2.67. The second-order valence-electron chi connectivity index (χ2n) is 5.17. The Morgan fingerprint density at radius 2 is 1.96 bits per heavy atom. The summed E-state index contributed by atoms with van der Waals surface area (Å²) in [5, 5.41) is 14.7. The van der Waals surface area contributed by atoms with Crippen molar-refractivity contribution in [2.24, 2.45) is 4.99 Å². The van der Waals surface area contributed by atoms with E-state index in [-0.39, 0.29) is 24.0 Å². The van der Waals surface area contributed by atoms with Crippen molar-refractivity contribution in [2.45, 2.75) is 19.9 Å². The Hall–Kier alpha value is -0.940. The van der Waals surface area contributed by atoms with Gasteiger partial charge >= 0.3 is 0 Å². The van der Waals surface area contributed by atoms with Crippen LogP contribution in [0.5, 0.6) is 0 Å². The molecule has 8 nitrogen and oxygen atoms in total. The molecule has 0 aliphatic carbocycles. The molecule has 1 saturated heterocycles. The molecule has 132 valence electrons. The maximum Gasteiger partial charge on any atom is 0.191 e. The average Bonchev–Trinajstić information content (AvgIpc) is 3.02. The summed E-state index contributed by atoms with van der Waals surface area (Å²) in [5.41, 5.74) is 0. The fourth-order valence-electron chi connectivity index (χ4n) is 2.41. The Morgan fingerprint density at radius 3 is 2.61 bits per heavy atom. The Balaban J connectivity index is 0.00000264. The fraction of sp³-hybridized carbons (Fsp3) is 0.786. The number of morpholine rings is 1. The van der Waals surface area contributed by atoms with E-state index in [0.717, 1.165) is 70.7 Å². The van der Waals surface area contributed by atoms with Crippen LogP contribution in [0.15, 0.2) is 11.3 Å². The summed E-state index contributed by atoms with van der Waals surface area (Å²) >= 11 is 0. The van der Waals surface area contributed by atoms with Gasteiger partial charge in [-0.25, -0.2) is 0 Å². The second kappa shape index (κ2) is 11.6. The molecule has 0 radical (unpaired) electrons. The number of halogens is 1. The van der Waals surface area contributed by atoms with E-state index >= 15 is 0 Å². The molecule has 2 heterocycles. The minimum atomic E-state index is 0. The number of ether oxygens (including phenoxy) is 1. The van der Waals surface area contributed by atoms with Crippen LogP contribution in [-0.2, 0) is 17.7 Å². The largest absolute Gasteiger partial charge is 0.379 e. The molecule has 0 saturated carbocycles. The van der Waals surface area contributed by atoms with Gasteiger partial charge < -0.3 is 19.9 Å². The van der Waals surface area contributed by atoms with Crippen LogP contribution < -0.4 is 10.6 Å². The SMILES string of the molecule is CCc1nncn1CCNC(=NC)NCCN1CCOCC1.I. The number of aryl methyl sites for hydroxylation is 1. The predicted octanol–water partition coefficient (Wildman–Crippen LogP) is -0.0443. The third-order valence-corrected chi connectivity index (χ3v) is 3.70. The highest BCUT2D eigenvalue weighted by Crippen LogP contribution is 1.95. The molecular weight excluding hydrogens is 409 g/mol. The number of hydrogen-bond donors (Lipinski definition) is 2. The van der Waals surface area contributed by atoms with Gasteiger partial charge in [-0.3, -0.25) is 9.89 Å². The molecule has 0 atom stereocenters. The lowest BCUT2D eigenvalue weighted by atomic mass is 10.4. The molecular formula is C14H28IN7O. The Labute approximate surface area is 155 Å². The maximum atomic E-state index is 5.34. The number of aromatic nitrogens is 3. The van der Waals surface area contributed by atoms with Gasteiger partial charge in [0.15, 0.2) is 5.96 Å². The average molecular weight is 437 g/mol. The van der Waals surface area contributed by atoms with E-state index in [9.17, 15) is 0 Å². The Bertz CT molecular complexity index is 460. The standard InChI is InChI=1S/C14H27N7O.HI/c1-3-13-19-18-12-21(13)7-5-17-14(15-2)16-4-6-20-8-10-22-11-9-20;/h12H,3-11H2,1-2H3,(H2,15,16,17);1H. The second-order valence-corrected chi connectivity index (χ2v) is 5.17. The molecule has 1 aliphatic heterocycles. The zero-order chi connectivity index (χ0) is 15.6. The normalized spacial score (nSPS) is 16.0. The van der Waals surface area contributed by atoms with E-state index in [4.69, 9.17) is 4.74 Å². The third-order valence-electron chi connectivity index (χ3n) is 3.70. The van der Waals surface area contributed by atoms with Crippen LogP contribution in [0.3, 0.4) is 0 Å². The van der Waals surface area contributed by atoms with Crippen LogP contribution in [0.25, 0.3) is 0 Å². The highest BCUT2D eigenvalue weighted by molar-refractivity contribution is 14.0. The molecule has 0 unspecified atom stereocenters. The van der Waals surface area contributed by atoms with Gasteiger partial charge in [-0.15, -0.1) is 34.2 Å². The monoisotopic (exact) mass is 437 g/mol. The first kappa shape index (κ1) is 20.1. The van der Waals surface area contributed by atoms with Crippen molar-refractivity contribution in [3.8, 4) is 0 Å². The molecule has 1 aromatic rings. The lowest BCUT2D eigenvalue weighted by molar-refractivity contribution is 0.0389. The molecule has 0 amide bonds. The number of hydrogen-bond acceptors (Lipinski definition) is 5. The number of rotatable bonds is 7. The van der Waals surface area contributed by atoms with E-state index in [1.807, 2.05) is 0 Å². The van der Waals surface area contributed by atoms with E-state index in [0.29, 0.717) is 0 Å². The first-order valence-corrected chi connectivity index (χ1v) is 7.94. The molecule has 0 spiro atoms. The van der Waals surface area contributed by atoms with Crippen molar-refractivity contribution in [3.63, 3.8) is 0 Å². The minimum absolute atomic E-state index is 0. The number of nitrogens with one attached hydrogen (secondary N) is 2. The van der Waals surface area contributed by atoms with Gasteiger partial charge in [0, 0.05) is 52.7 Å². The molecule has 1 aromatic heterocycles. The van der Waals surface area contributed by atoms with Gasteiger partial charge in [0.2, 0.25) is 0 Å². The van der Waals surface area contributed by atoms with Crippen molar-refractivity contribution in [3.05, 3.63) is 12.2 Å². The molecule has 9 heteroatoms. The van der Waals surface area contributed by atoms with E-state index in [1.165, 1.54) is 0 Å². The molecule has 23 heavy (non-hydrogen) atoms. The van der Waals surface area contributed by atoms with Crippen LogP contribution in [0.1, 0.15) is 12.7 Å². The van der Waals surface area contributed by atoms with Gasteiger partial charge in [0.1, 0.15) is 12.2 Å². The van der Waals surface area contributed by atoms with Gasteiger partial charge in [0.05, 0.1) is 13.2 Å². The topological polar surface area (TPSA) is 79.6 Å². The summed E-state index contributed by atoms with van der Waals surface area (Å²) in [7, 11) is 1.79. The summed E-state index contributed by atoms with van der Waals surface area (Å²) < 4.78 is 7.41. The molecule has 2 N–H and O–H groups in total. The molecule has 0 bridgehead atoms. The fourth-order valence-corrected chi connectivity index (χ4v) is 2.41. The minimum Gasteiger partial charge on any atom is -0.379 e. The predicted molar refractivity (Wildman–Crippen MR) is 101 cm³/mol. The molecule has 1 fully saturated rings. The van der Waals surface area contributed by atoms with Crippen molar-refractivity contribution in [1.82, 2.24) is 30.3 Å². The van der Waals surface area contributed by atoms with Crippen molar-refractivity contribution >= 4 is 29.9 Å². The van der Waals surface area contributed by atoms with Crippen molar-refractivity contribution in [1.29, 1.82) is 0 Å². The first-order valence-electron chi connectivity index (χ1n) is 7.94. The summed E-state index contributed by atoms with van der Waals surface area (Å²) in [4.78, 5) is 6.64. The van der Waals surface area contributed by atoms with Crippen LogP contribution in [0, 0.1) is 0 Å². The van der Waals surface area contributed by atoms with Crippen LogP contribution >= 0.6 is 24.0 Å². The van der Waals surface area contributed by atoms with Gasteiger partial charge in [-0.05, 0) is 0 Å². The highest BCUT2D eigenvalue weighted by atomic mass is 127. The van der Waals surface area contributed by atoms with Gasteiger partial charge in [-0.1, -0.05) is 6.92 Å². The quantitative estimate of drug-likeness (QED) is 0.354. The van der Waals surface area contributed by atoms with Crippen LogP contribution in [0.4, 0.5) is 0 Å². The number of guanidine groups is 1. The molecule has 1 aliphatic rings. The third kappa shape index (κ3) is 7.00.